The van der Waals surface area contributed by atoms with Crippen molar-refractivity contribution >= 4 is 16.7 Å². The van der Waals surface area contributed by atoms with Gasteiger partial charge in [-0.25, -0.2) is 4.79 Å². The molecular formula is C14H15NO4. The summed E-state index contributed by atoms with van der Waals surface area (Å²) in [4.78, 5) is 15.9. The summed E-state index contributed by atoms with van der Waals surface area (Å²) in [6.07, 6.45) is 3.27. The van der Waals surface area contributed by atoms with Gasteiger partial charge in [0.05, 0.1) is 32.6 Å². The van der Waals surface area contributed by atoms with Crippen LogP contribution in [0.4, 0.5) is 0 Å². The van der Waals surface area contributed by atoms with Gasteiger partial charge in [-0.1, -0.05) is 0 Å². The molecule has 1 aromatic heterocycles. The summed E-state index contributed by atoms with van der Waals surface area (Å²) in [6.45, 7) is 2.09. The first-order valence-corrected chi connectivity index (χ1v) is 5.88. The van der Waals surface area contributed by atoms with Crippen LogP contribution in [0.15, 0.2) is 24.5 Å². The van der Waals surface area contributed by atoms with Gasteiger partial charge >= 0.3 is 5.97 Å². The van der Waals surface area contributed by atoms with Gasteiger partial charge in [0.25, 0.3) is 0 Å². The molecule has 1 aromatic carbocycles. The van der Waals surface area contributed by atoms with Crippen LogP contribution in [0.25, 0.3) is 10.8 Å². The number of methoxy groups -OCH3 is 2. The maximum absolute atomic E-state index is 11.8. The molecule has 0 aliphatic carbocycles. The van der Waals surface area contributed by atoms with Crippen LogP contribution >= 0.6 is 0 Å². The Morgan fingerprint density at radius 1 is 1.11 bits per heavy atom. The van der Waals surface area contributed by atoms with Crippen LogP contribution < -0.4 is 9.47 Å². The lowest BCUT2D eigenvalue weighted by Crippen LogP contribution is -2.05. The van der Waals surface area contributed by atoms with Crippen LogP contribution in [-0.4, -0.2) is 31.8 Å². The first kappa shape index (κ1) is 13.1. The van der Waals surface area contributed by atoms with Gasteiger partial charge in [-0.05, 0) is 19.1 Å². The van der Waals surface area contributed by atoms with E-state index in [2.05, 4.69) is 4.98 Å². The smallest absolute Gasteiger partial charge is 0.338 e. The van der Waals surface area contributed by atoms with Crippen LogP contribution in [-0.2, 0) is 4.74 Å². The predicted octanol–water partition coefficient (Wildman–Crippen LogP) is 2.43. The number of hydrogen-bond acceptors (Lipinski definition) is 5. The lowest BCUT2D eigenvalue weighted by atomic mass is 10.1. The van der Waals surface area contributed by atoms with E-state index in [-0.39, 0.29) is 5.97 Å². The average molecular weight is 261 g/mol. The van der Waals surface area contributed by atoms with Gasteiger partial charge in [0.1, 0.15) is 11.5 Å². The Balaban J connectivity index is 2.66. The SMILES string of the molecule is CCOC(=O)c1cc(OC)c2cncc(OC)c2c1. The summed E-state index contributed by atoms with van der Waals surface area (Å²) >= 11 is 0. The van der Waals surface area contributed by atoms with Gasteiger partial charge in [-0.15, -0.1) is 0 Å². The monoisotopic (exact) mass is 261 g/mol. The van der Waals surface area contributed by atoms with Crippen molar-refractivity contribution in [3.05, 3.63) is 30.1 Å². The van der Waals surface area contributed by atoms with Gasteiger partial charge in [-0.3, -0.25) is 4.98 Å². The Morgan fingerprint density at radius 2 is 1.84 bits per heavy atom. The number of esters is 1. The van der Waals surface area contributed by atoms with Crippen LogP contribution in [0.2, 0.25) is 0 Å². The number of rotatable bonds is 4. The number of pyridine rings is 1. The van der Waals surface area contributed by atoms with E-state index in [0.717, 1.165) is 10.8 Å². The van der Waals surface area contributed by atoms with Crippen molar-refractivity contribution in [2.24, 2.45) is 0 Å². The molecule has 2 aromatic rings. The fourth-order valence-electron chi connectivity index (χ4n) is 1.88. The summed E-state index contributed by atoms with van der Waals surface area (Å²) in [7, 11) is 3.10. The summed E-state index contributed by atoms with van der Waals surface area (Å²) in [6, 6.07) is 3.36. The van der Waals surface area contributed by atoms with E-state index in [4.69, 9.17) is 14.2 Å². The highest BCUT2D eigenvalue weighted by Gasteiger charge is 2.14. The normalized spacial score (nSPS) is 10.3. The van der Waals surface area contributed by atoms with E-state index in [1.54, 1.807) is 45.7 Å². The molecule has 0 unspecified atom stereocenters. The van der Waals surface area contributed by atoms with Gasteiger partial charge < -0.3 is 14.2 Å². The van der Waals surface area contributed by atoms with Crippen molar-refractivity contribution in [3.8, 4) is 11.5 Å². The zero-order valence-electron chi connectivity index (χ0n) is 11.1. The number of ether oxygens (including phenoxy) is 3. The Hall–Kier alpha value is -2.30. The number of nitrogens with zero attached hydrogens (tertiary/aromatic N) is 1. The molecule has 0 radical (unpaired) electrons. The lowest BCUT2D eigenvalue weighted by Gasteiger charge is -2.11. The molecule has 0 saturated heterocycles. The summed E-state index contributed by atoms with van der Waals surface area (Å²) in [5.41, 5.74) is 0.427. The second kappa shape index (κ2) is 5.56. The standard InChI is InChI=1S/C14H15NO4/c1-4-19-14(16)9-5-10-11(12(6-9)17-2)7-15-8-13(10)18-3/h5-8H,4H2,1-3H3. The van der Waals surface area contributed by atoms with Gasteiger partial charge in [0.2, 0.25) is 0 Å². The fourth-order valence-corrected chi connectivity index (χ4v) is 1.88. The number of hydrogen-bond donors (Lipinski definition) is 0. The van der Waals surface area contributed by atoms with E-state index < -0.39 is 0 Å². The number of carbonyl (C=O) groups excluding carboxylic acids is 1. The minimum absolute atomic E-state index is 0.326. The minimum atomic E-state index is -0.387. The fraction of sp³-hybridized carbons (Fsp3) is 0.286. The van der Waals surface area contributed by atoms with Crippen molar-refractivity contribution in [1.29, 1.82) is 0 Å². The van der Waals surface area contributed by atoms with Gasteiger partial charge in [-0.2, -0.15) is 0 Å². The molecule has 2 rings (SSSR count). The molecule has 0 aliphatic heterocycles. The van der Waals surface area contributed by atoms with Crippen molar-refractivity contribution in [3.63, 3.8) is 0 Å². The maximum atomic E-state index is 11.8. The maximum Gasteiger partial charge on any atom is 0.338 e. The highest BCUT2D eigenvalue weighted by atomic mass is 16.5. The molecule has 1 heterocycles. The molecule has 0 spiro atoms. The van der Waals surface area contributed by atoms with Crippen LogP contribution in [0, 0.1) is 0 Å². The molecule has 100 valence electrons. The summed E-state index contributed by atoms with van der Waals surface area (Å²) in [5.74, 6) is 0.760. The molecule has 5 nitrogen and oxygen atoms in total. The minimum Gasteiger partial charge on any atom is -0.496 e. The third kappa shape index (κ3) is 2.45. The Kier molecular flexibility index (Phi) is 3.85. The number of aromatic nitrogens is 1. The Bertz CT molecular complexity index is 610. The van der Waals surface area contributed by atoms with Crippen LogP contribution in [0.3, 0.4) is 0 Å². The molecule has 0 saturated carbocycles. The average Bonchev–Trinajstić information content (AvgIpc) is 2.45. The first-order valence-electron chi connectivity index (χ1n) is 5.88. The highest BCUT2D eigenvalue weighted by molar-refractivity contribution is 6.00. The largest absolute Gasteiger partial charge is 0.496 e. The topological polar surface area (TPSA) is 57.7 Å². The molecule has 0 amide bonds. The second-order valence-electron chi connectivity index (χ2n) is 3.84. The molecule has 0 aliphatic rings. The Labute approximate surface area is 111 Å². The van der Waals surface area contributed by atoms with Crippen molar-refractivity contribution in [2.75, 3.05) is 20.8 Å². The zero-order chi connectivity index (χ0) is 13.8. The van der Waals surface area contributed by atoms with E-state index in [1.807, 2.05) is 0 Å². The van der Waals surface area contributed by atoms with Gasteiger partial charge in [0, 0.05) is 17.0 Å². The zero-order valence-corrected chi connectivity index (χ0v) is 11.1. The van der Waals surface area contributed by atoms with E-state index in [0.29, 0.717) is 23.7 Å². The van der Waals surface area contributed by atoms with E-state index in [9.17, 15) is 4.79 Å². The van der Waals surface area contributed by atoms with E-state index in [1.165, 1.54) is 0 Å². The molecular weight excluding hydrogens is 246 g/mol. The first-order chi connectivity index (χ1) is 9.21. The van der Waals surface area contributed by atoms with E-state index >= 15 is 0 Å². The third-order valence-electron chi connectivity index (χ3n) is 2.75. The van der Waals surface area contributed by atoms with Crippen LogP contribution in [0.1, 0.15) is 17.3 Å². The predicted molar refractivity (Wildman–Crippen MR) is 70.8 cm³/mol. The second-order valence-corrected chi connectivity index (χ2v) is 3.84. The molecule has 0 N–H and O–H groups in total. The number of carbonyl (C=O) groups is 1. The molecule has 19 heavy (non-hydrogen) atoms. The Morgan fingerprint density at radius 3 is 2.47 bits per heavy atom. The lowest BCUT2D eigenvalue weighted by molar-refractivity contribution is 0.0526. The van der Waals surface area contributed by atoms with Crippen molar-refractivity contribution in [1.82, 2.24) is 4.98 Å². The molecule has 0 atom stereocenters. The quantitative estimate of drug-likeness (QED) is 0.791. The number of fused-ring (bicyclic) bond motifs is 1. The molecule has 5 heteroatoms. The molecule has 0 bridgehead atoms. The molecule has 0 fully saturated rings. The highest BCUT2D eigenvalue weighted by Crippen LogP contribution is 2.32. The number of benzene rings is 1. The van der Waals surface area contributed by atoms with Crippen LogP contribution in [0.5, 0.6) is 11.5 Å². The summed E-state index contributed by atoms with van der Waals surface area (Å²) < 4.78 is 15.5. The van der Waals surface area contributed by atoms with Gasteiger partial charge in [0.15, 0.2) is 0 Å². The third-order valence-corrected chi connectivity index (χ3v) is 2.75. The summed E-state index contributed by atoms with van der Waals surface area (Å²) in [5, 5.41) is 1.55. The van der Waals surface area contributed by atoms with Crippen molar-refractivity contribution in [2.45, 2.75) is 6.92 Å². The van der Waals surface area contributed by atoms with Crippen molar-refractivity contribution < 1.29 is 19.0 Å².